The molecule has 3 rings (SSSR count). The molecule has 0 spiro atoms. The number of sulfonamides is 1. The van der Waals surface area contributed by atoms with Crippen LogP contribution in [0, 0.1) is 5.92 Å². The van der Waals surface area contributed by atoms with Gasteiger partial charge < -0.3 is 15.0 Å². The minimum Gasteiger partial charge on any atom is -0.385 e. The molecule has 1 heterocycles. The fraction of sp³-hybridized carbons (Fsp3) is 0.714. The Morgan fingerprint density at radius 2 is 1.64 bits per heavy atom. The van der Waals surface area contributed by atoms with Gasteiger partial charge in [0.2, 0.25) is 10.0 Å². The van der Waals surface area contributed by atoms with Gasteiger partial charge in [0.15, 0.2) is 0 Å². The molecule has 0 radical (unpaired) electrons. The van der Waals surface area contributed by atoms with Gasteiger partial charge in [0.05, 0.1) is 18.0 Å². The Kier molecular flexibility index (Phi) is 7.23. The molecule has 0 bridgehead atoms. The molecule has 2 fully saturated rings. The van der Waals surface area contributed by atoms with Crippen molar-refractivity contribution in [3.8, 4) is 0 Å². The maximum absolute atomic E-state index is 11.7. The smallest absolute Gasteiger partial charge is 0.211 e. The van der Waals surface area contributed by atoms with Crippen molar-refractivity contribution in [2.45, 2.75) is 64.7 Å². The summed E-state index contributed by atoms with van der Waals surface area (Å²) in [6.07, 6.45) is 4.50. The number of anilines is 2. The van der Waals surface area contributed by atoms with Crippen LogP contribution < -0.4 is 14.9 Å². The number of nitrogens with zero attached hydrogens (tertiary/aromatic N) is 1. The van der Waals surface area contributed by atoms with Gasteiger partial charge in [-0.05, 0) is 76.6 Å². The largest absolute Gasteiger partial charge is 0.385 e. The van der Waals surface area contributed by atoms with E-state index < -0.39 is 10.0 Å². The highest BCUT2D eigenvalue weighted by molar-refractivity contribution is 7.89. The predicted molar refractivity (Wildman–Crippen MR) is 115 cm³/mol. The minimum atomic E-state index is -3.09. The average Bonchev–Trinajstić information content (AvgIpc) is 2.67. The summed E-state index contributed by atoms with van der Waals surface area (Å²) in [6, 6.07) is 8.79. The molecule has 1 saturated heterocycles. The summed E-state index contributed by atoms with van der Waals surface area (Å²) in [7, 11) is -3.09. The molecule has 1 aromatic carbocycles. The monoisotopic (exact) mass is 409 g/mol. The third kappa shape index (κ3) is 6.09. The molecule has 1 aliphatic carbocycles. The lowest BCUT2D eigenvalue weighted by molar-refractivity contribution is -0.00521. The molecule has 1 aliphatic heterocycles. The van der Waals surface area contributed by atoms with Crippen molar-refractivity contribution < 1.29 is 13.2 Å². The van der Waals surface area contributed by atoms with Crippen LogP contribution in [0.5, 0.6) is 0 Å². The van der Waals surface area contributed by atoms with Gasteiger partial charge in [-0.2, -0.15) is 0 Å². The molecule has 0 amide bonds. The fourth-order valence-corrected chi connectivity index (χ4v) is 5.17. The lowest BCUT2D eigenvalue weighted by Gasteiger charge is -2.37. The highest BCUT2D eigenvalue weighted by Crippen LogP contribution is 2.26. The van der Waals surface area contributed by atoms with Crippen molar-refractivity contribution in [1.29, 1.82) is 0 Å². The zero-order valence-electron chi connectivity index (χ0n) is 17.4. The van der Waals surface area contributed by atoms with Crippen LogP contribution in [-0.2, 0) is 14.8 Å². The second-order valence-electron chi connectivity index (χ2n) is 8.33. The van der Waals surface area contributed by atoms with Crippen LogP contribution in [0.3, 0.4) is 0 Å². The van der Waals surface area contributed by atoms with Crippen molar-refractivity contribution in [2.24, 2.45) is 5.92 Å². The summed E-state index contributed by atoms with van der Waals surface area (Å²) in [5.41, 5.74) is 2.39. The molecule has 0 unspecified atom stereocenters. The van der Waals surface area contributed by atoms with Gasteiger partial charge in [-0.3, -0.25) is 0 Å². The van der Waals surface area contributed by atoms with E-state index in [1.165, 1.54) is 5.69 Å². The molecule has 1 aromatic rings. The molecular formula is C21H35N3O3S. The first-order valence-electron chi connectivity index (χ1n) is 10.6. The topological polar surface area (TPSA) is 70.7 Å². The van der Waals surface area contributed by atoms with E-state index in [-0.39, 0.29) is 24.0 Å². The minimum absolute atomic E-state index is 0.110. The molecule has 2 N–H and O–H groups in total. The Hall–Kier alpha value is -1.31. The SMILES string of the molecule is CCS(=O)(=O)NC1CCC(CNc2ccc(N3C[C@@H](C)O[C@@H](C)C3)cc2)CC1. The van der Waals surface area contributed by atoms with E-state index >= 15 is 0 Å². The van der Waals surface area contributed by atoms with E-state index in [1.54, 1.807) is 6.92 Å². The van der Waals surface area contributed by atoms with E-state index in [0.29, 0.717) is 5.92 Å². The van der Waals surface area contributed by atoms with Gasteiger partial charge in [0.25, 0.3) is 0 Å². The molecule has 7 heteroatoms. The van der Waals surface area contributed by atoms with Crippen molar-refractivity contribution in [2.75, 3.05) is 35.6 Å². The summed E-state index contributed by atoms with van der Waals surface area (Å²) >= 11 is 0. The second kappa shape index (κ2) is 9.46. The molecule has 6 nitrogen and oxygen atoms in total. The van der Waals surface area contributed by atoms with Crippen molar-refractivity contribution >= 4 is 21.4 Å². The number of hydrogen-bond donors (Lipinski definition) is 2. The lowest BCUT2D eigenvalue weighted by Crippen LogP contribution is -2.45. The summed E-state index contributed by atoms with van der Waals surface area (Å²) in [5.74, 6) is 0.759. The first-order valence-corrected chi connectivity index (χ1v) is 12.2. The summed E-state index contributed by atoms with van der Waals surface area (Å²) in [5, 5.41) is 3.55. The number of ether oxygens (including phenoxy) is 1. The van der Waals surface area contributed by atoms with Crippen LogP contribution in [-0.4, -0.2) is 52.1 Å². The predicted octanol–water partition coefficient (Wildman–Crippen LogP) is 3.21. The Balaban J connectivity index is 1.43. The highest BCUT2D eigenvalue weighted by atomic mass is 32.2. The van der Waals surface area contributed by atoms with E-state index in [0.717, 1.165) is 51.0 Å². The molecule has 1 saturated carbocycles. The molecule has 2 aliphatic rings. The number of rotatable bonds is 7. The van der Waals surface area contributed by atoms with Gasteiger partial charge >= 0.3 is 0 Å². The van der Waals surface area contributed by atoms with Crippen LogP contribution in [0.25, 0.3) is 0 Å². The number of benzene rings is 1. The Morgan fingerprint density at radius 1 is 1.04 bits per heavy atom. The van der Waals surface area contributed by atoms with Crippen molar-refractivity contribution in [3.63, 3.8) is 0 Å². The molecule has 158 valence electrons. The van der Waals surface area contributed by atoms with E-state index in [2.05, 4.69) is 53.1 Å². The quantitative estimate of drug-likeness (QED) is 0.724. The van der Waals surface area contributed by atoms with Crippen LogP contribution in [0.4, 0.5) is 11.4 Å². The number of nitrogens with one attached hydrogen (secondary N) is 2. The first-order chi connectivity index (χ1) is 13.3. The maximum atomic E-state index is 11.7. The number of morpholine rings is 1. The Bertz CT molecular complexity index is 705. The van der Waals surface area contributed by atoms with Crippen LogP contribution in [0.15, 0.2) is 24.3 Å². The van der Waals surface area contributed by atoms with Crippen LogP contribution in [0.2, 0.25) is 0 Å². The molecular weight excluding hydrogens is 374 g/mol. The number of hydrogen-bond acceptors (Lipinski definition) is 5. The van der Waals surface area contributed by atoms with Gasteiger partial charge in [0, 0.05) is 37.1 Å². The van der Waals surface area contributed by atoms with Crippen LogP contribution in [0.1, 0.15) is 46.5 Å². The molecule has 0 aromatic heterocycles. The standard InChI is InChI=1S/C21H35N3O3S/c1-4-28(25,26)23-20-7-5-18(6-8-20)13-22-19-9-11-21(12-10-19)24-14-16(2)27-17(3)15-24/h9-12,16-18,20,22-23H,4-8,13-15H2,1-3H3/t16-,17+,18?,20?. The summed E-state index contributed by atoms with van der Waals surface area (Å²) in [6.45, 7) is 8.74. The highest BCUT2D eigenvalue weighted by Gasteiger charge is 2.24. The van der Waals surface area contributed by atoms with E-state index in [4.69, 9.17) is 4.74 Å². The maximum Gasteiger partial charge on any atom is 0.211 e. The Morgan fingerprint density at radius 3 is 2.21 bits per heavy atom. The zero-order valence-corrected chi connectivity index (χ0v) is 18.2. The second-order valence-corrected chi connectivity index (χ2v) is 10.4. The van der Waals surface area contributed by atoms with Crippen molar-refractivity contribution in [1.82, 2.24) is 4.72 Å². The van der Waals surface area contributed by atoms with Gasteiger partial charge in [-0.25, -0.2) is 13.1 Å². The third-order valence-electron chi connectivity index (χ3n) is 5.82. The summed E-state index contributed by atoms with van der Waals surface area (Å²) in [4.78, 5) is 2.39. The van der Waals surface area contributed by atoms with Gasteiger partial charge in [0.1, 0.15) is 0 Å². The van der Waals surface area contributed by atoms with Crippen LogP contribution >= 0.6 is 0 Å². The lowest BCUT2D eigenvalue weighted by atomic mass is 9.86. The molecule has 28 heavy (non-hydrogen) atoms. The fourth-order valence-electron chi connectivity index (χ4n) is 4.26. The van der Waals surface area contributed by atoms with E-state index in [1.807, 2.05) is 0 Å². The Labute approximate surface area is 170 Å². The third-order valence-corrected chi connectivity index (χ3v) is 7.27. The normalized spacial score (nSPS) is 28.9. The molecule has 2 atom stereocenters. The zero-order chi connectivity index (χ0) is 20.1. The summed E-state index contributed by atoms with van der Waals surface area (Å²) < 4.78 is 32.0. The van der Waals surface area contributed by atoms with Gasteiger partial charge in [-0.1, -0.05) is 0 Å². The van der Waals surface area contributed by atoms with Crippen molar-refractivity contribution in [3.05, 3.63) is 24.3 Å². The average molecular weight is 410 g/mol. The van der Waals surface area contributed by atoms with E-state index in [9.17, 15) is 8.42 Å². The first kappa shape index (κ1) is 21.4. The van der Waals surface area contributed by atoms with Gasteiger partial charge in [-0.15, -0.1) is 0 Å².